The second-order valence-corrected chi connectivity index (χ2v) is 6.11. The Labute approximate surface area is 136 Å². The van der Waals surface area contributed by atoms with Crippen LogP contribution in [0.2, 0.25) is 0 Å². The number of anilines is 2. The van der Waals surface area contributed by atoms with Gasteiger partial charge in [0.2, 0.25) is 5.91 Å². The van der Waals surface area contributed by atoms with Gasteiger partial charge in [0.15, 0.2) is 0 Å². The molecule has 118 valence electrons. The molecule has 0 radical (unpaired) electrons. The molecule has 0 aliphatic carbocycles. The number of para-hydroxylation sites is 2. The van der Waals surface area contributed by atoms with Crippen molar-refractivity contribution in [1.82, 2.24) is 0 Å². The van der Waals surface area contributed by atoms with Crippen molar-refractivity contribution in [3.8, 4) is 0 Å². The van der Waals surface area contributed by atoms with Crippen LogP contribution in [0.1, 0.15) is 29.8 Å². The lowest BCUT2D eigenvalue weighted by molar-refractivity contribution is -0.117. The standard InChI is InChI=1S/C19H20N2O2/c1-13(2)21-17-10-5-4-9-16(17)20(12-18(21)22)19(23)15-8-6-7-14(3)11-15/h4-11,13H,12H2,1-3H3. The Bertz CT molecular complexity index is 767. The summed E-state index contributed by atoms with van der Waals surface area (Å²) >= 11 is 0. The molecule has 0 atom stereocenters. The van der Waals surface area contributed by atoms with Crippen LogP contribution in [0.3, 0.4) is 0 Å². The van der Waals surface area contributed by atoms with Crippen molar-refractivity contribution in [3.05, 3.63) is 59.7 Å². The molecule has 1 aliphatic rings. The van der Waals surface area contributed by atoms with Gasteiger partial charge in [-0.2, -0.15) is 0 Å². The largest absolute Gasteiger partial charge is 0.306 e. The molecule has 0 bridgehead atoms. The maximum atomic E-state index is 12.9. The average Bonchev–Trinajstić information content (AvgIpc) is 2.53. The van der Waals surface area contributed by atoms with E-state index in [1.165, 1.54) is 0 Å². The summed E-state index contributed by atoms with van der Waals surface area (Å²) in [6.45, 7) is 5.98. The van der Waals surface area contributed by atoms with Crippen LogP contribution < -0.4 is 9.80 Å². The van der Waals surface area contributed by atoms with Crippen LogP contribution in [0.25, 0.3) is 0 Å². The first-order chi connectivity index (χ1) is 11.0. The molecular weight excluding hydrogens is 288 g/mol. The number of fused-ring (bicyclic) bond motifs is 1. The van der Waals surface area contributed by atoms with Crippen molar-refractivity contribution in [2.75, 3.05) is 16.3 Å². The van der Waals surface area contributed by atoms with E-state index in [-0.39, 0.29) is 24.4 Å². The van der Waals surface area contributed by atoms with Crippen molar-refractivity contribution in [2.24, 2.45) is 0 Å². The summed E-state index contributed by atoms with van der Waals surface area (Å²) in [6.07, 6.45) is 0. The second-order valence-electron chi connectivity index (χ2n) is 6.11. The van der Waals surface area contributed by atoms with Crippen LogP contribution in [-0.4, -0.2) is 24.4 Å². The third kappa shape index (κ3) is 2.72. The van der Waals surface area contributed by atoms with E-state index in [1.54, 1.807) is 15.9 Å². The van der Waals surface area contributed by atoms with Crippen molar-refractivity contribution in [2.45, 2.75) is 26.8 Å². The molecule has 0 N–H and O–H groups in total. The minimum atomic E-state index is -0.141. The van der Waals surface area contributed by atoms with Crippen molar-refractivity contribution < 1.29 is 9.59 Å². The molecule has 2 aromatic rings. The van der Waals surface area contributed by atoms with E-state index in [0.29, 0.717) is 5.56 Å². The van der Waals surface area contributed by atoms with E-state index in [4.69, 9.17) is 0 Å². The van der Waals surface area contributed by atoms with Crippen molar-refractivity contribution in [1.29, 1.82) is 0 Å². The molecule has 4 heteroatoms. The van der Waals surface area contributed by atoms with Gasteiger partial charge in [-0.1, -0.05) is 29.8 Å². The molecular formula is C19H20N2O2. The first-order valence-corrected chi connectivity index (χ1v) is 7.78. The molecule has 0 spiro atoms. The molecule has 3 rings (SSSR count). The normalized spacial score (nSPS) is 14.2. The van der Waals surface area contributed by atoms with Gasteiger partial charge >= 0.3 is 0 Å². The number of aryl methyl sites for hydroxylation is 1. The summed E-state index contributed by atoms with van der Waals surface area (Å²) in [5.41, 5.74) is 3.20. The highest BCUT2D eigenvalue weighted by atomic mass is 16.2. The summed E-state index contributed by atoms with van der Waals surface area (Å²) < 4.78 is 0. The summed E-state index contributed by atoms with van der Waals surface area (Å²) in [7, 11) is 0. The molecule has 0 unspecified atom stereocenters. The topological polar surface area (TPSA) is 40.6 Å². The predicted molar refractivity (Wildman–Crippen MR) is 91.9 cm³/mol. The number of benzene rings is 2. The number of rotatable bonds is 2. The fraction of sp³-hybridized carbons (Fsp3) is 0.263. The Kier molecular flexibility index (Phi) is 3.90. The van der Waals surface area contributed by atoms with E-state index >= 15 is 0 Å². The van der Waals surface area contributed by atoms with Gasteiger partial charge in [0.25, 0.3) is 5.91 Å². The number of hydrogen-bond acceptors (Lipinski definition) is 2. The quantitative estimate of drug-likeness (QED) is 0.853. The summed E-state index contributed by atoms with van der Waals surface area (Å²) in [4.78, 5) is 28.8. The lowest BCUT2D eigenvalue weighted by Crippen LogP contribution is -2.50. The lowest BCUT2D eigenvalue weighted by atomic mass is 10.1. The molecule has 0 aromatic heterocycles. The lowest BCUT2D eigenvalue weighted by Gasteiger charge is -2.38. The number of carbonyl (C=O) groups is 2. The van der Waals surface area contributed by atoms with E-state index in [9.17, 15) is 9.59 Å². The van der Waals surface area contributed by atoms with E-state index in [0.717, 1.165) is 16.9 Å². The SMILES string of the molecule is Cc1cccc(C(=O)N2CC(=O)N(C(C)C)c3ccccc32)c1. The first kappa shape index (κ1) is 15.3. The maximum Gasteiger partial charge on any atom is 0.258 e. The third-order valence-electron chi connectivity index (χ3n) is 4.02. The molecule has 2 aromatic carbocycles. The van der Waals surface area contributed by atoms with Crippen LogP contribution in [0, 0.1) is 6.92 Å². The van der Waals surface area contributed by atoms with Gasteiger partial charge in [0.05, 0.1) is 11.4 Å². The molecule has 2 amide bonds. The highest BCUT2D eigenvalue weighted by molar-refractivity contribution is 6.16. The monoisotopic (exact) mass is 308 g/mol. The minimum absolute atomic E-state index is 0.0554. The number of hydrogen-bond donors (Lipinski definition) is 0. The zero-order valence-electron chi connectivity index (χ0n) is 13.6. The molecule has 4 nitrogen and oxygen atoms in total. The average molecular weight is 308 g/mol. The van der Waals surface area contributed by atoms with Crippen molar-refractivity contribution in [3.63, 3.8) is 0 Å². The molecule has 1 heterocycles. The van der Waals surface area contributed by atoms with Crippen LogP contribution in [0.15, 0.2) is 48.5 Å². The van der Waals surface area contributed by atoms with E-state index < -0.39 is 0 Å². The Morgan fingerprint density at radius 1 is 1.04 bits per heavy atom. The van der Waals surface area contributed by atoms with Gasteiger partial charge in [-0.25, -0.2) is 0 Å². The van der Waals surface area contributed by atoms with E-state index in [2.05, 4.69) is 0 Å². The number of amides is 2. The molecule has 0 saturated heterocycles. The summed E-state index contributed by atoms with van der Waals surface area (Å²) in [5.74, 6) is -0.197. The van der Waals surface area contributed by atoms with Gasteiger partial charge in [0, 0.05) is 11.6 Å². The van der Waals surface area contributed by atoms with Gasteiger partial charge in [-0.05, 0) is 45.0 Å². The van der Waals surface area contributed by atoms with E-state index in [1.807, 2.05) is 63.2 Å². The fourth-order valence-electron chi connectivity index (χ4n) is 3.01. The van der Waals surface area contributed by atoms with Crippen LogP contribution >= 0.6 is 0 Å². The molecule has 23 heavy (non-hydrogen) atoms. The Balaban J connectivity index is 2.05. The number of carbonyl (C=O) groups excluding carboxylic acids is 2. The predicted octanol–water partition coefficient (Wildman–Crippen LogP) is 3.40. The Morgan fingerprint density at radius 3 is 2.39 bits per heavy atom. The van der Waals surface area contributed by atoms with Gasteiger partial charge in [-0.15, -0.1) is 0 Å². The van der Waals surface area contributed by atoms with Crippen LogP contribution in [-0.2, 0) is 4.79 Å². The van der Waals surface area contributed by atoms with Crippen LogP contribution in [0.4, 0.5) is 11.4 Å². The van der Waals surface area contributed by atoms with Gasteiger partial charge in [0.1, 0.15) is 6.54 Å². The summed E-state index contributed by atoms with van der Waals surface area (Å²) in [5, 5.41) is 0. The molecule has 0 saturated carbocycles. The van der Waals surface area contributed by atoms with Gasteiger partial charge in [-0.3, -0.25) is 14.5 Å². The molecule has 1 aliphatic heterocycles. The Morgan fingerprint density at radius 2 is 1.74 bits per heavy atom. The smallest absolute Gasteiger partial charge is 0.258 e. The Hall–Kier alpha value is -2.62. The third-order valence-corrected chi connectivity index (χ3v) is 4.02. The zero-order chi connectivity index (χ0) is 16.6. The molecule has 0 fully saturated rings. The summed E-state index contributed by atoms with van der Waals surface area (Å²) in [6, 6.07) is 15.1. The number of nitrogens with zero attached hydrogens (tertiary/aromatic N) is 2. The fourth-order valence-corrected chi connectivity index (χ4v) is 3.01. The second kappa shape index (κ2) is 5.88. The first-order valence-electron chi connectivity index (χ1n) is 7.78. The van der Waals surface area contributed by atoms with Crippen molar-refractivity contribution >= 4 is 23.2 Å². The maximum absolute atomic E-state index is 12.9. The zero-order valence-corrected chi connectivity index (χ0v) is 13.6. The van der Waals surface area contributed by atoms with Crippen LogP contribution in [0.5, 0.6) is 0 Å². The highest BCUT2D eigenvalue weighted by Gasteiger charge is 2.33. The minimum Gasteiger partial charge on any atom is -0.306 e. The van der Waals surface area contributed by atoms with Gasteiger partial charge < -0.3 is 4.90 Å². The highest BCUT2D eigenvalue weighted by Crippen LogP contribution is 2.35.